The Morgan fingerprint density at radius 3 is 2.47 bits per heavy atom. The van der Waals surface area contributed by atoms with Crippen molar-refractivity contribution in [2.45, 2.75) is 39.2 Å². The predicted molar refractivity (Wildman–Crippen MR) is 67.0 cm³/mol. The second kappa shape index (κ2) is 4.52. The molecule has 1 unspecified atom stereocenters. The normalized spacial score (nSPS) is 13.3. The molecule has 1 nitrogen and oxygen atoms in total. The van der Waals surface area contributed by atoms with Crippen LogP contribution in [0.5, 0.6) is 0 Å². The zero-order valence-electron chi connectivity index (χ0n) is 10.2. The number of hydrogen-bond acceptors (Lipinski definition) is 1. The molecular weight excluding hydrogens is 182 g/mol. The summed E-state index contributed by atoms with van der Waals surface area (Å²) >= 11 is 0. The van der Waals surface area contributed by atoms with E-state index in [0.29, 0.717) is 5.92 Å². The van der Waals surface area contributed by atoms with Gasteiger partial charge >= 0.3 is 0 Å². The summed E-state index contributed by atoms with van der Waals surface area (Å²) in [5.41, 5.74) is 2.79. The molecule has 0 aromatic heterocycles. The van der Waals surface area contributed by atoms with Crippen LogP contribution in [0.3, 0.4) is 0 Å². The molecule has 0 saturated carbocycles. The number of nitrogens with one attached hydrogen (secondary N) is 1. The average molecular weight is 203 g/mol. The van der Waals surface area contributed by atoms with Crippen LogP contribution in [0.1, 0.15) is 37.8 Å². The maximum atomic E-state index is 3.73. The summed E-state index contributed by atoms with van der Waals surface area (Å²) in [4.78, 5) is 0. The molecule has 0 heterocycles. The highest BCUT2D eigenvalue weighted by atomic mass is 14.9. The predicted octanol–water partition coefficient (Wildman–Crippen LogP) is 3.61. The van der Waals surface area contributed by atoms with E-state index in [1.165, 1.54) is 11.1 Å². The molecule has 1 atom stereocenters. The lowest BCUT2D eigenvalue weighted by Crippen LogP contribution is -2.40. The lowest BCUT2D eigenvalue weighted by Gasteiger charge is -2.33. The van der Waals surface area contributed by atoms with Crippen molar-refractivity contribution in [3.8, 4) is 0 Å². The standard InChI is InChI=1S/C14H21N/c1-6-15-14(4,5)12(3)13-10-8-7-9-11(13)2/h6-10,12,15H,1H2,2-5H3. The molecule has 1 N–H and O–H groups in total. The van der Waals surface area contributed by atoms with E-state index in [9.17, 15) is 0 Å². The van der Waals surface area contributed by atoms with E-state index in [-0.39, 0.29) is 5.54 Å². The molecule has 1 heteroatoms. The maximum absolute atomic E-state index is 3.73. The van der Waals surface area contributed by atoms with Crippen LogP contribution in [-0.2, 0) is 0 Å². The zero-order valence-corrected chi connectivity index (χ0v) is 10.2. The molecule has 1 rings (SSSR count). The molecule has 0 aliphatic rings. The summed E-state index contributed by atoms with van der Waals surface area (Å²) in [5.74, 6) is 0.455. The molecule has 1 aromatic rings. The van der Waals surface area contributed by atoms with Crippen molar-refractivity contribution < 1.29 is 0 Å². The van der Waals surface area contributed by atoms with Gasteiger partial charge in [0.25, 0.3) is 0 Å². The van der Waals surface area contributed by atoms with Gasteiger partial charge in [-0.15, -0.1) is 0 Å². The lowest BCUT2D eigenvalue weighted by molar-refractivity contribution is 0.374. The molecule has 1 aromatic carbocycles. The molecule has 82 valence electrons. The van der Waals surface area contributed by atoms with Crippen LogP contribution in [0, 0.1) is 6.92 Å². The Bertz CT molecular complexity index is 339. The fraction of sp³-hybridized carbons (Fsp3) is 0.429. The second-order valence-corrected chi connectivity index (χ2v) is 4.65. The highest BCUT2D eigenvalue weighted by Gasteiger charge is 2.26. The van der Waals surface area contributed by atoms with Crippen molar-refractivity contribution in [3.05, 3.63) is 48.2 Å². The Kier molecular flexibility index (Phi) is 3.57. The first-order valence-electron chi connectivity index (χ1n) is 5.43. The van der Waals surface area contributed by atoms with E-state index in [1.54, 1.807) is 6.20 Å². The average Bonchev–Trinajstić information content (AvgIpc) is 2.17. The summed E-state index contributed by atoms with van der Waals surface area (Å²) in [6.07, 6.45) is 1.77. The summed E-state index contributed by atoms with van der Waals surface area (Å²) in [7, 11) is 0. The first-order valence-corrected chi connectivity index (χ1v) is 5.43. The highest BCUT2D eigenvalue weighted by molar-refractivity contribution is 5.31. The third-order valence-corrected chi connectivity index (χ3v) is 3.21. The van der Waals surface area contributed by atoms with Gasteiger partial charge in [0.2, 0.25) is 0 Å². The van der Waals surface area contributed by atoms with Crippen LogP contribution in [0.25, 0.3) is 0 Å². The van der Waals surface area contributed by atoms with E-state index in [2.05, 4.69) is 63.9 Å². The fourth-order valence-corrected chi connectivity index (χ4v) is 1.85. The molecule has 15 heavy (non-hydrogen) atoms. The van der Waals surface area contributed by atoms with Crippen molar-refractivity contribution in [2.75, 3.05) is 0 Å². The molecule has 0 radical (unpaired) electrons. The molecule has 0 amide bonds. The van der Waals surface area contributed by atoms with E-state index in [4.69, 9.17) is 0 Å². The first kappa shape index (κ1) is 11.8. The van der Waals surface area contributed by atoms with Crippen LogP contribution in [0.2, 0.25) is 0 Å². The number of hydrogen-bond donors (Lipinski definition) is 1. The molecule has 0 aliphatic carbocycles. The van der Waals surface area contributed by atoms with Crippen molar-refractivity contribution in [1.82, 2.24) is 5.32 Å². The quantitative estimate of drug-likeness (QED) is 0.788. The van der Waals surface area contributed by atoms with Gasteiger partial charge in [-0.25, -0.2) is 0 Å². The Hall–Kier alpha value is -1.24. The summed E-state index contributed by atoms with van der Waals surface area (Å²) in [6.45, 7) is 12.5. The Labute approximate surface area is 93.2 Å². The van der Waals surface area contributed by atoms with Crippen LogP contribution in [-0.4, -0.2) is 5.54 Å². The third kappa shape index (κ3) is 2.62. The summed E-state index contributed by atoms with van der Waals surface area (Å²) in [6, 6.07) is 8.55. The highest BCUT2D eigenvalue weighted by Crippen LogP contribution is 2.29. The van der Waals surface area contributed by atoms with Gasteiger partial charge in [-0.3, -0.25) is 0 Å². The van der Waals surface area contributed by atoms with Crippen LogP contribution >= 0.6 is 0 Å². The van der Waals surface area contributed by atoms with Gasteiger partial charge in [0, 0.05) is 11.5 Å². The van der Waals surface area contributed by atoms with Crippen LogP contribution < -0.4 is 5.32 Å². The van der Waals surface area contributed by atoms with Gasteiger partial charge in [-0.05, 0) is 38.1 Å². The van der Waals surface area contributed by atoms with E-state index < -0.39 is 0 Å². The minimum Gasteiger partial charge on any atom is -0.386 e. The molecule has 0 spiro atoms. The molecule has 0 saturated heterocycles. The molecule has 0 bridgehead atoms. The van der Waals surface area contributed by atoms with Crippen LogP contribution in [0.15, 0.2) is 37.0 Å². The Morgan fingerprint density at radius 2 is 1.93 bits per heavy atom. The Morgan fingerprint density at radius 1 is 1.33 bits per heavy atom. The summed E-state index contributed by atoms with van der Waals surface area (Å²) in [5, 5.41) is 3.31. The fourth-order valence-electron chi connectivity index (χ4n) is 1.85. The molecule has 0 aliphatic heterocycles. The number of benzene rings is 1. The van der Waals surface area contributed by atoms with E-state index in [1.807, 2.05) is 0 Å². The zero-order chi connectivity index (χ0) is 11.5. The third-order valence-electron chi connectivity index (χ3n) is 3.21. The molecular formula is C14H21N. The first-order chi connectivity index (χ1) is 6.99. The largest absolute Gasteiger partial charge is 0.386 e. The smallest absolute Gasteiger partial charge is 0.0377 e. The van der Waals surface area contributed by atoms with Crippen molar-refractivity contribution in [2.24, 2.45) is 0 Å². The lowest BCUT2D eigenvalue weighted by atomic mass is 9.82. The van der Waals surface area contributed by atoms with Gasteiger partial charge in [0.05, 0.1) is 0 Å². The van der Waals surface area contributed by atoms with Gasteiger partial charge < -0.3 is 5.32 Å². The van der Waals surface area contributed by atoms with Crippen molar-refractivity contribution in [1.29, 1.82) is 0 Å². The van der Waals surface area contributed by atoms with E-state index >= 15 is 0 Å². The molecule has 0 fully saturated rings. The van der Waals surface area contributed by atoms with E-state index in [0.717, 1.165) is 0 Å². The minimum atomic E-state index is 0.0356. The Balaban J connectivity index is 2.98. The van der Waals surface area contributed by atoms with Crippen molar-refractivity contribution in [3.63, 3.8) is 0 Å². The number of aryl methyl sites for hydroxylation is 1. The SMILES string of the molecule is C=CNC(C)(C)C(C)c1ccccc1C. The topological polar surface area (TPSA) is 12.0 Å². The summed E-state index contributed by atoms with van der Waals surface area (Å²) < 4.78 is 0. The van der Waals surface area contributed by atoms with Gasteiger partial charge in [0.1, 0.15) is 0 Å². The van der Waals surface area contributed by atoms with Crippen LogP contribution in [0.4, 0.5) is 0 Å². The minimum absolute atomic E-state index is 0.0356. The van der Waals surface area contributed by atoms with Gasteiger partial charge in [-0.1, -0.05) is 37.8 Å². The number of rotatable bonds is 4. The van der Waals surface area contributed by atoms with Gasteiger partial charge in [-0.2, -0.15) is 0 Å². The van der Waals surface area contributed by atoms with Crippen molar-refractivity contribution >= 4 is 0 Å². The van der Waals surface area contributed by atoms with Gasteiger partial charge in [0.15, 0.2) is 0 Å². The monoisotopic (exact) mass is 203 g/mol. The maximum Gasteiger partial charge on any atom is 0.0377 e. The second-order valence-electron chi connectivity index (χ2n) is 4.65.